The highest BCUT2D eigenvalue weighted by atomic mass is 35.5. The molecule has 0 bridgehead atoms. The Morgan fingerprint density at radius 2 is 1.80 bits per heavy atom. The fourth-order valence-electron chi connectivity index (χ4n) is 2.76. The average Bonchev–Trinajstić information content (AvgIpc) is 3.46. The summed E-state index contributed by atoms with van der Waals surface area (Å²) >= 11 is 5.88. The summed E-state index contributed by atoms with van der Waals surface area (Å²) in [5, 5.41) is 22.2. The molecule has 11 heteroatoms. The van der Waals surface area contributed by atoms with E-state index in [2.05, 4.69) is 15.5 Å². The van der Waals surface area contributed by atoms with E-state index in [1.165, 1.54) is 16.9 Å². The van der Waals surface area contributed by atoms with Crippen molar-refractivity contribution in [1.29, 1.82) is 0 Å². The number of aromatic nitrogens is 4. The summed E-state index contributed by atoms with van der Waals surface area (Å²) in [6.45, 7) is 0.702. The minimum Gasteiger partial charge on any atom is -0.454 e. The minimum atomic E-state index is -0.530. The summed E-state index contributed by atoms with van der Waals surface area (Å²) in [4.78, 5) is 22.6. The monoisotopic (exact) mass is 426 g/mol. The number of carbonyl (C=O) groups is 1. The number of nitro groups is 1. The lowest BCUT2D eigenvalue weighted by Crippen LogP contribution is -2.10. The zero-order chi connectivity index (χ0) is 21.1. The first-order valence-corrected chi connectivity index (χ1v) is 9.18. The number of furan rings is 1. The molecule has 3 heterocycles. The Morgan fingerprint density at radius 3 is 2.53 bits per heavy atom. The third kappa shape index (κ3) is 4.55. The van der Waals surface area contributed by atoms with Gasteiger partial charge in [-0.3, -0.25) is 24.3 Å². The molecule has 30 heavy (non-hydrogen) atoms. The van der Waals surface area contributed by atoms with E-state index in [-0.39, 0.29) is 18.0 Å². The van der Waals surface area contributed by atoms with Crippen molar-refractivity contribution in [2.24, 2.45) is 0 Å². The fourth-order valence-corrected chi connectivity index (χ4v) is 2.89. The van der Waals surface area contributed by atoms with Crippen molar-refractivity contribution < 1.29 is 14.1 Å². The van der Waals surface area contributed by atoms with Crippen molar-refractivity contribution in [3.8, 4) is 0 Å². The molecular weight excluding hydrogens is 412 g/mol. The normalized spacial score (nSPS) is 10.8. The first kappa shape index (κ1) is 19.4. The van der Waals surface area contributed by atoms with E-state index in [4.69, 9.17) is 16.0 Å². The van der Waals surface area contributed by atoms with Crippen molar-refractivity contribution in [2.45, 2.75) is 13.1 Å². The van der Waals surface area contributed by atoms with E-state index < -0.39 is 10.8 Å². The van der Waals surface area contributed by atoms with Crippen molar-refractivity contribution in [3.63, 3.8) is 0 Å². The Morgan fingerprint density at radius 1 is 1.07 bits per heavy atom. The van der Waals surface area contributed by atoms with Crippen LogP contribution in [-0.4, -0.2) is 30.4 Å². The summed E-state index contributed by atoms with van der Waals surface area (Å²) in [6, 6.07) is 10.6. The molecular formula is C19H15ClN6O4. The van der Waals surface area contributed by atoms with Gasteiger partial charge in [0.2, 0.25) is 0 Å². The second-order valence-corrected chi connectivity index (χ2v) is 6.86. The molecule has 1 amide bonds. The highest BCUT2D eigenvalue weighted by molar-refractivity contribution is 6.30. The maximum absolute atomic E-state index is 12.4. The average molecular weight is 427 g/mol. The van der Waals surface area contributed by atoms with Gasteiger partial charge in [0.15, 0.2) is 5.76 Å². The lowest BCUT2D eigenvalue weighted by molar-refractivity contribution is -0.385. The number of hydrogen-bond acceptors (Lipinski definition) is 6. The Balaban J connectivity index is 1.36. The number of benzene rings is 1. The molecule has 0 aliphatic heterocycles. The molecule has 0 aliphatic carbocycles. The first-order valence-electron chi connectivity index (χ1n) is 8.80. The predicted octanol–water partition coefficient (Wildman–Crippen LogP) is 3.58. The van der Waals surface area contributed by atoms with Crippen molar-refractivity contribution in [3.05, 3.63) is 93.4 Å². The van der Waals surface area contributed by atoms with Gasteiger partial charge in [-0.05, 0) is 29.8 Å². The van der Waals surface area contributed by atoms with Crippen LogP contribution in [0, 0.1) is 10.1 Å². The number of anilines is 1. The van der Waals surface area contributed by atoms with Crippen LogP contribution < -0.4 is 5.32 Å². The SMILES string of the molecule is O=C(Nc1cnn(Cc2ccc(Cl)cc2)c1)c1ccc(Cn2cc([N+](=O)[O-])cn2)o1. The quantitative estimate of drug-likeness (QED) is 0.356. The van der Waals surface area contributed by atoms with Gasteiger partial charge in [0, 0.05) is 11.2 Å². The highest BCUT2D eigenvalue weighted by Gasteiger charge is 2.14. The smallest absolute Gasteiger partial charge is 0.307 e. The van der Waals surface area contributed by atoms with E-state index in [1.54, 1.807) is 35.3 Å². The number of nitrogens with zero attached hydrogens (tertiary/aromatic N) is 5. The Hall–Kier alpha value is -3.92. The molecule has 0 saturated carbocycles. The van der Waals surface area contributed by atoms with Gasteiger partial charge in [0.05, 0.1) is 29.9 Å². The van der Waals surface area contributed by atoms with E-state index in [9.17, 15) is 14.9 Å². The molecule has 1 aromatic carbocycles. The third-order valence-electron chi connectivity index (χ3n) is 4.18. The molecule has 0 atom stereocenters. The van der Waals surface area contributed by atoms with E-state index in [0.29, 0.717) is 23.0 Å². The van der Waals surface area contributed by atoms with Gasteiger partial charge in [-0.2, -0.15) is 10.2 Å². The summed E-state index contributed by atoms with van der Waals surface area (Å²) in [7, 11) is 0. The Labute approximate surface area is 174 Å². The number of rotatable bonds is 7. The van der Waals surface area contributed by atoms with Crippen LogP contribution in [0.1, 0.15) is 21.9 Å². The van der Waals surface area contributed by atoms with Crippen LogP contribution in [0.5, 0.6) is 0 Å². The van der Waals surface area contributed by atoms with Crippen LogP contribution in [0.3, 0.4) is 0 Å². The lowest BCUT2D eigenvalue weighted by atomic mass is 10.2. The summed E-state index contributed by atoms with van der Waals surface area (Å²) < 4.78 is 8.57. The van der Waals surface area contributed by atoms with Gasteiger partial charge in [-0.1, -0.05) is 23.7 Å². The standard InChI is InChI=1S/C19H15ClN6O4/c20-14-3-1-13(2-4-14)9-24-10-15(7-21-24)23-19(27)18-6-5-17(30-18)12-25-11-16(8-22-25)26(28)29/h1-8,10-11H,9,12H2,(H,23,27). The van der Waals surface area contributed by atoms with Gasteiger partial charge < -0.3 is 9.73 Å². The topological polar surface area (TPSA) is 121 Å². The molecule has 0 saturated heterocycles. The zero-order valence-corrected chi connectivity index (χ0v) is 16.2. The molecule has 0 aliphatic rings. The van der Waals surface area contributed by atoms with Gasteiger partial charge in [-0.15, -0.1) is 0 Å². The number of hydrogen-bond donors (Lipinski definition) is 1. The number of carbonyl (C=O) groups excluding carboxylic acids is 1. The van der Waals surface area contributed by atoms with Crippen LogP contribution >= 0.6 is 11.6 Å². The van der Waals surface area contributed by atoms with Crippen molar-refractivity contribution in [2.75, 3.05) is 5.32 Å². The molecule has 10 nitrogen and oxygen atoms in total. The maximum atomic E-state index is 12.4. The largest absolute Gasteiger partial charge is 0.454 e. The summed E-state index contributed by atoms with van der Waals surface area (Å²) in [6.07, 6.45) is 5.69. The van der Waals surface area contributed by atoms with Crippen LogP contribution in [0.25, 0.3) is 0 Å². The third-order valence-corrected chi connectivity index (χ3v) is 4.43. The highest BCUT2D eigenvalue weighted by Crippen LogP contribution is 2.16. The van der Waals surface area contributed by atoms with E-state index in [0.717, 1.165) is 11.8 Å². The van der Waals surface area contributed by atoms with E-state index >= 15 is 0 Å². The molecule has 0 radical (unpaired) electrons. The molecule has 0 fully saturated rings. The predicted molar refractivity (Wildman–Crippen MR) is 107 cm³/mol. The first-order chi connectivity index (χ1) is 14.5. The van der Waals surface area contributed by atoms with Crippen molar-refractivity contribution >= 4 is 28.9 Å². The number of nitrogens with one attached hydrogen (secondary N) is 1. The molecule has 3 aromatic heterocycles. The zero-order valence-electron chi connectivity index (χ0n) is 15.4. The van der Waals surface area contributed by atoms with E-state index in [1.807, 2.05) is 12.1 Å². The van der Waals surface area contributed by atoms with Crippen molar-refractivity contribution in [1.82, 2.24) is 19.6 Å². The molecule has 152 valence electrons. The molecule has 4 rings (SSSR count). The van der Waals surface area contributed by atoms with Crippen LogP contribution in [0.15, 0.2) is 65.6 Å². The molecule has 0 unspecified atom stereocenters. The van der Waals surface area contributed by atoms with Gasteiger partial charge in [0.25, 0.3) is 5.91 Å². The minimum absolute atomic E-state index is 0.108. The van der Waals surface area contributed by atoms with Crippen LogP contribution in [0.2, 0.25) is 5.02 Å². The van der Waals surface area contributed by atoms with Crippen LogP contribution in [0.4, 0.5) is 11.4 Å². The van der Waals surface area contributed by atoms with Gasteiger partial charge >= 0.3 is 5.69 Å². The lowest BCUT2D eigenvalue weighted by Gasteiger charge is -2.02. The second-order valence-electron chi connectivity index (χ2n) is 6.43. The Bertz CT molecular complexity index is 1190. The number of halogens is 1. The molecule has 1 N–H and O–H groups in total. The summed E-state index contributed by atoms with van der Waals surface area (Å²) in [5.41, 5.74) is 1.43. The molecule has 4 aromatic rings. The van der Waals surface area contributed by atoms with Crippen LogP contribution in [-0.2, 0) is 13.1 Å². The van der Waals surface area contributed by atoms with Gasteiger partial charge in [0.1, 0.15) is 18.2 Å². The second kappa shape index (κ2) is 8.21. The van der Waals surface area contributed by atoms with Gasteiger partial charge in [-0.25, -0.2) is 0 Å². The maximum Gasteiger partial charge on any atom is 0.307 e. The number of amides is 1. The fraction of sp³-hybridized carbons (Fsp3) is 0.105. The summed E-state index contributed by atoms with van der Waals surface area (Å²) in [5.74, 6) is 0.118. The molecule has 0 spiro atoms. The Kier molecular flexibility index (Phi) is 5.31.